The summed E-state index contributed by atoms with van der Waals surface area (Å²) in [7, 11) is 0. The van der Waals surface area contributed by atoms with Gasteiger partial charge in [-0.15, -0.1) is 0 Å². The summed E-state index contributed by atoms with van der Waals surface area (Å²) in [5, 5.41) is 24.2. The Hall–Kier alpha value is -3.80. The van der Waals surface area contributed by atoms with Crippen molar-refractivity contribution >= 4 is 23.8 Å². The van der Waals surface area contributed by atoms with E-state index in [1.807, 2.05) is 4.90 Å². The molecule has 0 saturated carbocycles. The Balaban J connectivity index is 1.56. The lowest BCUT2D eigenvalue weighted by molar-refractivity contribution is -0.384. The van der Waals surface area contributed by atoms with Crippen LogP contribution in [0.1, 0.15) is 11.3 Å². The van der Waals surface area contributed by atoms with Gasteiger partial charge in [0.15, 0.2) is 6.61 Å². The lowest BCUT2D eigenvalue weighted by Crippen LogP contribution is -2.37. The molecule has 1 amide bonds. The van der Waals surface area contributed by atoms with E-state index >= 15 is 0 Å². The number of nitrogens with one attached hydrogen (secondary N) is 1. The standard InChI is InChI=1S/C18H20N6O6/c1-12-8-17(21-18(20-12)23-4-6-29-7-5-23)30-11-16(26)22-19-10-13-9-14(24(27)28)2-3-15(13)25/h2-3,8-10,25H,4-7,11H2,1H3,(H,22,26). The number of nitro benzene ring substituents is 1. The molecular weight excluding hydrogens is 396 g/mol. The molecule has 1 aliphatic heterocycles. The highest BCUT2D eigenvalue weighted by Gasteiger charge is 2.16. The molecule has 0 radical (unpaired) electrons. The van der Waals surface area contributed by atoms with Crippen molar-refractivity contribution in [2.45, 2.75) is 6.92 Å². The number of morpholine rings is 1. The number of hydrogen-bond donors (Lipinski definition) is 2. The van der Waals surface area contributed by atoms with E-state index in [9.17, 15) is 20.0 Å². The van der Waals surface area contributed by atoms with Crippen molar-refractivity contribution in [2.75, 3.05) is 37.8 Å². The third kappa shape index (κ3) is 5.61. The van der Waals surface area contributed by atoms with E-state index in [1.54, 1.807) is 13.0 Å². The molecule has 1 aliphatic rings. The molecule has 2 heterocycles. The molecule has 0 atom stereocenters. The molecular formula is C18H20N6O6. The number of hydrazone groups is 1. The number of hydrogen-bond acceptors (Lipinski definition) is 10. The smallest absolute Gasteiger partial charge is 0.278 e. The maximum Gasteiger partial charge on any atom is 0.278 e. The van der Waals surface area contributed by atoms with Gasteiger partial charge in [0, 0.05) is 42.5 Å². The number of carbonyl (C=O) groups excluding carboxylic acids is 1. The Morgan fingerprint density at radius 1 is 1.40 bits per heavy atom. The maximum absolute atomic E-state index is 11.9. The molecule has 1 aromatic carbocycles. The van der Waals surface area contributed by atoms with Crippen LogP contribution in [-0.4, -0.2) is 65.0 Å². The van der Waals surface area contributed by atoms with E-state index in [2.05, 4.69) is 20.5 Å². The highest BCUT2D eigenvalue weighted by atomic mass is 16.6. The molecule has 0 aliphatic carbocycles. The number of non-ortho nitro benzene ring substituents is 1. The first-order valence-electron chi connectivity index (χ1n) is 9.03. The molecule has 1 fully saturated rings. The summed E-state index contributed by atoms with van der Waals surface area (Å²) < 4.78 is 10.7. The first-order chi connectivity index (χ1) is 14.4. The van der Waals surface area contributed by atoms with Crippen LogP contribution in [0.4, 0.5) is 11.6 Å². The molecule has 2 aromatic rings. The SMILES string of the molecule is Cc1cc(OCC(=O)NN=Cc2cc([N+](=O)[O-])ccc2O)nc(N2CCOCC2)n1. The van der Waals surface area contributed by atoms with Gasteiger partial charge in [0.2, 0.25) is 11.8 Å². The van der Waals surface area contributed by atoms with Crippen LogP contribution < -0.4 is 15.1 Å². The Labute approximate surface area is 171 Å². The summed E-state index contributed by atoms with van der Waals surface area (Å²) in [5.74, 6) is -0.0189. The Kier molecular flexibility index (Phi) is 6.70. The van der Waals surface area contributed by atoms with E-state index in [0.29, 0.717) is 37.9 Å². The summed E-state index contributed by atoms with van der Waals surface area (Å²) in [6, 6.07) is 5.09. The number of benzene rings is 1. The molecule has 1 aromatic heterocycles. The number of aromatic nitrogens is 2. The van der Waals surface area contributed by atoms with E-state index in [1.165, 1.54) is 6.07 Å². The second-order valence-electron chi connectivity index (χ2n) is 6.33. The van der Waals surface area contributed by atoms with Crippen LogP contribution in [0.3, 0.4) is 0 Å². The Morgan fingerprint density at radius 2 is 2.17 bits per heavy atom. The fraction of sp³-hybridized carbons (Fsp3) is 0.333. The highest BCUT2D eigenvalue weighted by molar-refractivity contribution is 5.86. The predicted molar refractivity (Wildman–Crippen MR) is 106 cm³/mol. The van der Waals surface area contributed by atoms with Crippen LogP contribution in [0.15, 0.2) is 29.4 Å². The molecule has 30 heavy (non-hydrogen) atoms. The van der Waals surface area contributed by atoms with Crippen LogP contribution in [0.2, 0.25) is 0 Å². The summed E-state index contributed by atoms with van der Waals surface area (Å²) in [4.78, 5) is 32.8. The summed E-state index contributed by atoms with van der Waals surface area (Å²) in [6.07, 6.45) is 1.10. The molecule has 158 valence electrons. The molecule has 0 bridgehead atoms. The largest absolute Gasteiger partial charge is 0.507 e. The average Bonchev–Trinajstić information content (AvgIpc) is 2.73. The lowest BCUT2D eigenvalue weighted by Gasteiger charge is -2.27. The van der Waals surface area contributed by atoms with Crippen LogP contribution in [0.5, 0.6) is 11.6 Å². The molecule has 12 heteroatoms. The minimum absolute atomic E-state index is 0.0898. The van der Waals surface area contributed by atoms with Gasteiger partial charge >= 0.3 is 0 Å². The lowest BCUT2D eigenvalue weighted by atomic mass is 10.2. The minimum atomic E-state index is -0.599. The molecule has 2 N–H and O–H groups in total. The van der Waals surface area contributed by atoms with Gasteiger partial charge in [0.05, 0.1) is 24.4 Å². The van der Waals surface area contributed by atoms with Crippen LogP contribution in [0.25, 0.3) is 0 Å². The first kappa shape index (κ1) is 20.9. The zero-order chi connectivity index (χ0) is 21.5. The molecule has 0 unspecified atom stereocenters. The third-order valence-electron chi connectivity index (χ3n) is 4.08. The normalized spacial score (nSPS) is 14.0. The summed E-state index contributed by atoms with van der Waals surface area (Å²) in [6.45, 7) is 3.97. The van der Waals surface area contributed by atoms with Crippen molar-refractivity contribution in [3.8, 4) is 11.6 Å². The number of nitro groups is 1. The zero-order valence-corrected chi connectivity index (χ0v) is 16.1. The average molecular weight is 416 g/mol. The number of nitrogens with zero attached hydrogens (tertiary/aromatic N) is 5. The monoisotopic (exact) mass is 416 g/mol. The number of rotatable bonds is 7. The van der Waals surface area contributed by atoms with Gasteiger partial charge < -0.3 is 19.5 Å². The topological polar surface area (TPSA) is 152 Å². The second kappa shape index (κ2) is 9.60. The second-order valence-corrected chi connectivity index (χ2v) is 6.33. The third-order valence-corrected chi connectivity index (χ3v) is 4.08. The first-order valence-corrected chi connectivity index (χ1v) is 9.03. The Morgan fingerprint density at radius 3 is 2.90 bits per heavy atom. The van der Waals surface area contributed by atoms with Crippen molar-refractivity contribution < 1.29 is 24.3 Å². The molecule has 1 saturated heterocycles. The van der Waals surface area contributed by atoms with E-state index in [0.717, 1.165) is 18.3 Å². The van der Waals surface area contributed by atoms with Crippen LogP contribution >= 0.6 is 0 Å². The predicted octanol–water partition coefficient (Wildman–Crippen LogP) is 0.765. The number of amides is 1. The van der Waals surface area contributed by atoms with E-state index < -0.39 is 10.8 Å². The van der Waals surface area contributed by atoms with Gasteiger partial charge in [0.1, 0.15) is 5.75 Å². The van der Waals surface area contributed by atoms with Crippen molar-refractivity contribution in [1.82, 2.24) is 15.4 Å². The van der Waals surface area contributed by atoms with Gasteiger partial charge in [-0.3, -0.25) is 14.9 Å². The molecule has 0 spiro atoms. The number of aromatic hydroxyl groups is 1. The van der Waals surface area contributed by atoms with Crippen molar-refractivity contribution in [3.05, 3.63) is 45.6 Å². The van der Waals surface area contributed by atoms with Gasteiger partial charge in [-0.2, -0.15) is 10.1 Å². The summed E-state index contributed by atoms with van der Waals surface area (Å²) >= 11 is 0. The minimum Gasteiger partial charge on any atom is -0.507 e. The zero-order valence-electron chi connectivity index (χ0n) is 16.1. The summed E-state index contributed by atoms with van der Waals surface area (Å²) in [5.41, 5.74) is 2.80. The molecule has 3 rings (SSSR count). The van der Waals surface area contributed by atoms with Crippen molar-refractivity contribution in [3.63, 3.8) is 0 Å². The molecule has 12 nitrogen and oxygen atoms in total. The van der Waals surface area contributed by atoms with Gasteiger partial charge in [-0.05, 0) is 13.0 Å². The quantitative estimate of drug-likeness (QED) is 0.378. The number of ether oxygens (including phenoxy) is 2. The highest BCUT2D eigenvalue weighted by Crippen LogP contribution is 2.21. The fourth-order valence-electron chi connectivity index (χ4n) is 2.61. The van der Waals surface area contributed by atoms with Crippen molar-refractivity contribution in [1.29, 1.82) is 0 Å². The van der Waals surface area contributed by atoms with E-state index in [4.69, 9.17) is 9.47 Å². The number of anilines is 1. The Bertz CT molecular complexity index is 960. The maximum atomic E-state index is 11.9. The van der Waals surface area contributed by atoms with Crippen LogP contribution in [-0.2, 0) is 9.53 Å². The van der Waals surface area contributed by atoms with Gasteiger partial charge in [-0.25, -0.2) is 10.4 Å². The van der Waals surface area contributed by atoms with Crippen molar-refractivity contribution in [2.24, 2.45) is 5.10 Å². The van der Waals surface area contributed by atoms with Crippen LogP contribution in [0, 0.1) is 17.0 Å². The number of phenols is 1. The number of phenolic OH excluding ortho intramolecular Hbond substituents is 1. The van der Waals surface area contributed by atoms with Gasteiger partial charge in [0.25, 0.3) is 11.6 Å². The number of carbonyl (C=O) groups is 1. The number of aryl methyl sites for hydroxylation is 1. The van der Waals surface area contributed by atoms with Gasteiger partial charge in [-0.1, -0.05) is 0 Å². The van der Waals surface area contributed by atoms with E-state index in [-0.39, 0.29) is 29.5 Å². The fourth-order valence-corrected chi connectivity index (χ4v) is 2.61.